The molecule has 1 aromatic carbocycles. The van der Waals surface area contributed by atoms with Crippen LogP contribution < -0.4 is 10.6 Å². The summed E-state index contributed by atoms with van der Waals surface area (Å²) >= 11 is 3.38. The number of hydrogen-bond donors (Lipinski definition) is 2. The molecule has 0 heterocycles. The number of hydrogen-bond acceptors (Lipinski definition) is 3. The highest BCUT2D eigenvalue weighted by Gasteiger charge is 2.07. The molecule has 0 bridgehead atoms. The minimum atomic E-state index is -0.0887. The lowest BCUT2D eigenvalue weighted by atomic mass is 10.1. The number of benzene rings is 1. The van der Waals surface area contributed by atoms with E-state index < -0.39 is 0 Å². The Hall–Kier alpha value is -1.38. The van der Waals surface area contributed by atoms with Gasteiger partial charge >= 0.3 is 0 Å². The maximum Gasteiger partial charge on any atom is 0.234 e. The molecule has 0 saturated carbocycles. The summed E-state index contributed by atoms with van der Waals surface area (Å²) in [4.78, 5) is 11.4. The van der Waals surface area contributed by atoms with Gasteiger partial charge in [-0.1, -0.05) is 28.1 Å². The molecule has 1 rings (SSSR count). The lowest BCUT2D eigenvalue weighted by Crippen LogP contribution is -2.35. The van der Waals surface area contributed by atoms with Gasteiger partial charge in [-0.05, 0) is 24.6 Å². The molecule has 0 aliphatic rings. The molecule has 1 atom stereocenters. The van der Waals surface area contributed by atoms with Crippen LogP contribution in [0.25, 0.3) is 0 Å². The minimum Gasteiger partial charge on any atom is -0.354 e. The van der Waals surface area contributed by atoms with Crippen molar-refractivity contribution in [2.75, 3.05) is 13.1 Å². The first-order valence-corrected chi connectivity index (χ1v) is 6.55. The van der Waals surface area contributed by atoms with Gasteiger partial charge in [0.25, 0.3) is 0 Å². The molecule has 0 radical (unpaired) electrons. The van der Waals surface area contributed by atoms with E-state index in [4.69, 9.17) is 5.26 Å². The zero-order valence-electron chi connectivity index (χ0n) is 10.2. The van der Waals surface area contributed by atoms with E-state index in [9.17, 15) is 4.79 Å². The van der Waals surface area contributed by atoms with Crippen LogP contribution in [0.2, 0.25) is 0 Å². The van der Waals surface area contributed by atoms with Gasteiger partial charge in [-0.2, -0.15) is 5.26 Å². The fourth-order valence-electron chi connectivity index (χ4n) is 1.44. The standard InChI is InChI=1S/C13H16BrN3O/c1-10(11-3-5-12(14)6-4-11)17-9-13(18)16-8-2-7-15/h3-6,10,17H,2,8-9H2,1H3,(H,16,18). The zero-order chi connectivity index (χ0) is 13.4. The molecule has 2 N–H and O–H groups in total. The van der Waals surface area contributed by atoms with E-state index in [1.807, 2.05) is 37.3 Å². The average Bonchev–Trinajstić information content (AvgIpc) is 2.37. The van der Waals surface area contributed by atoms with Crippen LogP contribution in [0.5, 0.6) is 0 Å². The van der Waals surface area contributed by atoms with Gasteiger partial charge in [-0.15, -0.1) is 0 Å². The summed E-state index contributed by atoms with van der Waals surface area (Å²) in [7, 11) is 0. The van der Waals surface area contributed by atoms with E-state index in [2.05, 4.69) is 26.6 Å². The van der Waals surface area contributed by atoms with Crippen LogP contribution in [0.4, 0.5) is 0 Å². The Kier molecular flexibility index (Phi) is 6.40. The van der Waals surface area contributed by atoms with Crippen molar-refractivity contribution in [3.63, 3.8) is 0 Å². The van der Waals surface area contributed by atoms with E-state index in [0.717, 1.165) is 10.0 Å². The first kappa shape index (κ1) is 14.7. The summed E-state index contributed by atoms with van der Waals surface area (Å²) in [6, 6.07) is 10.1. The minimum absolute atomic E-state index is 0.0887. The predicted octanol–water partition coefficient (Wildman–Crippen LogP) is 2.13. The van der Waals surface area contributed by atoms with E-state index in [1.165, 1.54) is 0 Å². The average molecular weight is 310 g/mol. The van der Waals surface area contributed by atoms with Gasteiger partial charge < -0.3 is 10.6 Å². The highest BCUT2D eigenvalue weighted by Crippen LogP contribution is 2.16. The first-order valence-electron chi connectivity index (χ1n) is 5.76. The first-order chi connectivity index (χ1) is 8.63. The van der Waals surface area contributed by atoms with Crippen LogP contribution in [-0.4, -0.2) is 19.0 Å². The van der Waals surface area contributed by atoms with E-state index in [1.54, 1.807) is 0 Å². The Morgan fingerprint density at radius 3 is 2.72 bits per heavy atom. The van der Waals surface area contributed by atoms with E-state index >= 15 is 0 Å². The number of carbonyl (C=O) groups is 1. The van der Waals surface area contributed by atoms with Gasteiger partial charge in [-0.25, -0.2) is 0 Å². The Morgan fingerprint density at radius 2 is 2.11 bits per heavy atom. The molecule has 0 saturated heterocycles. The second-order valence-electron chi connectivity index (χ2n) is 3.91. The Morgan fingerprint density at radius 1 is 1.44 bits per heavy atom. The van der Waals surface area contributed by atoms with Gasteiger partial charge in [0.2, 0.25) is 5.91 Å². The number of amides is 1. The number of carbonyl (C=O) groups excluding carboxylic acids is 1. The molecule has 5 heteroatoms. The van der Waals surface area contributed by atoms with Crippen LogP contribution in [0, 0.1) is 11.3 Å². The molecule has 0 aromatic heterocycles. The molecule has 0 spiro atoms. The van der Waals surface area contributed by atoms with Crippen LogP contribution >= 0.6 is 15.9 Å². The predicted molar refractivity (Wildman–Crippen MR) is 73.8 cm³/mol. The van der Waals surface area contributed by atoms with Crippen molar-refractivity contribution >= 4 is 21.8 Å². The topological polar surface area (TPSA) is 64.9 Å². The fraction of sp³-hybridized carbons (Fsp3) is 0.385. The molecule has 0 fully saturated rings. The normalized spacial score (nSPS) is 11.6. The van der Waals surface area contributed by atoms with Crippen molar-refractivity contribution in [2.24, 2.45) is 0 Å². The maximum atomic E-state index is 11.4. The summed E-state index contributed by atoms with van der Waals surface area (Å²) in [5.41, 5.74) is 1.13. The molecule has 1 amide bonds. The van der Waals surface area contributed by atoms with E-state index in [-0.39, 0.29) is 18.5 Å². The lowest BCUT2D eigenvalue weighted by molar-refractivity contribution is -0.120. The van der Waals surface area contributed by atoms with E-state index in [0.29, 0.717) is 13.0 Å². The quantitative estimate of drug-likeness (QED) is 0.791. The van der Waals surface area contributed by atoms with Gasteiger partial charge in [-0.3, -0.25) is 4.79 Å². The van der Waals surface area contributed by atoms with Crippen molar-refractivity contribution in [1.29, 1.82) is 5.26 Å². The summed E-state index contributed by atoms with van der Waals surface area (Å²) < 4.78 is 1.03. The molecule has 96 valence electrons. The van der Waals surface area contributed by atoms with Gasteiger partial charge in [0.05, 0.1) is 19.0 Å². The SMILES string of the molecule is CC(NCC(=O)NCCC#N)c1ccc(Br)cc1. The second-order valence-corrected chi connectivity index (χ2v) is 4.83. The van der Waals surface area contributed by atoms with Crippen molar-refractivity contribution in [3.05, 3.63) is 34.3 Å². The zero-order valence-corrected chi connectivity index (χ0v) is 11.8. The number of nitrogens with zero attached hydrogens (tertiary/aromatic N) is 1. The molecular weight excluding hydrogens is 294 g/mol. The lowest BCUT2D eigenvalue weighted by Gasteiger charge is -2.14. The molecule has 0 aliphatic carbocycles. The molecule has 4 nitrogen and oxygen atoms in total. The number of nitrogens with one attached hydrogen (secondary N) is 2. The third kappa shape index (κ3) is 5.30. The summed E-state index contributed by atoms with van der Waals surface area (Å²) in [5, 5.41) is 14.2. The number of halogens is 1. The van der Waals surface area contributed by atoms with Crippen LogP contribution in [0.3, 0.4) is 0 Å². The van der Waals surface area contributed by atoms with Crippen LogP contribution in [0.15, 0.2) is 28.7 Å². The van der Waals surface area contributed by atoms with Crippen LogP contribution in [-0.2, 0) is 4.79 Å². The maximum absolute atomic E-state index is 11.4. The molecule has 18 heavy (non-hydrogen) atoms. The molecule has 0 aliphatic heterocycles. The Bertz CT molecular complexity index is 425. The summed E-state index contributed by atoms with van der Waals surface area (Å²) in [5.74, 6) is -0.0887. The second kappa shape index (κ2) is 7.85. The highest BCUT2D eigenvalue weighted by molar-refractivity contribution is 9.10. The van der Waals surface area contributed by atoms with Crippen molar-refractivity contribution in [2.45, 2.75) is 19.4 Å². The Balaban J connectivity index is 2.32. The highest BCUT2D eigenvalue weighted by atomic mass is 79.9. The third-order valence-electron chi connectivity index (χ3n) is 2.50. The fourth-order valence-corrected chi connectivity index (χ4v) is 1.70. The van der Waals surface area contributed by atoms with Crippen LogP contribution in [0.1, 0.15) is 24.9 Å². The molecule has 1 unspecified atom stereocenters. The largest absolute Gasteiger partial charge is 0.354 e. The monoisotopic (exact) mass is 309 g/mol. The molecular formula is C13H16BrN3O. The number of rotatable bonds is 6. The van der Waals surface area contributed by atoms with Gasteiger partial charge in [0.15, 0.2) is 0 Å². The van der Waals surface area contributed by atoms with Crippen molar-refractivity contribution < 1.29 is 4.79 Å². The number of nitriles is 1. The van der Waals surface area contributed by atoms with Gasteiger partial charge in [0, 0.05) is 17.1 Å². The Labute approximate surface area is 116 Å². The van der Waals surface area contributed by atoms with Gasteiger partial charge in [0.1, 0.15) is 0 Å². The smallest absolute Gasteiger partial charge is 0.234 e. The summed E-state index contributed by atoms with van der Waals surface area (Å²) in [6.07, 6.45) is 0.341. The van der Waals surface area contributed by atoms with Crippen molar-refractivity contribution in [1.82, 2.24) is 10.6 Å². The third-order valence-corrected chi connectivity index (χ3v) is 3.03. The molecule has 1 aromatic rings. The summed E-state index contributed by atoms with van der Waals surface area (Å²) in [6.45, 7) is 2.66. The van der Waals surface area contributed by atoms with Crippen molar-refractivity contribution in [3.8, 4) is 6.07 Å².